The van der Waals surface area contributed by atoms with Crippen molar-refractivity contribution in [3.8, 4) is 5.75 Å². The van der Waals surface area contributed by atoms with Crippen LogP contribution < -0.4 is 20.3 Å². The van der Waals surface area contributed by atoms with E-state index in [2.05, 4.69) is 39.5 Å². The number of nitrogens with one attached hydrogen (secondary N) is 2. The van der Waals surface area contributed by atoms with E-state index in [4.69, 9.17) is 9.26 Å². The minimum Gasteiger partial charge on any atom is -0.494 e. The van der Waals surface area contributed by atoms with E-state index < -0.39 is 0 Å². The van der Waals surface area contributed by atoms with Gasteiger partial charge in [-0.1, -0.05) is 19.0 Å². The van der Waals surface area contributed by atoms with E-state index in [0.717, 1.165) is 55.9 Å². The Morgan fingerprint density at radius 3 is 2.80 bits per heavy atom. The molecule has 0 saturated carbocycles. The minimum absolute atomic E-state index is 0.122. The average Bonchev–Trinajstić information content (AvgIpc) is 3.50. The van der Waals surface area contributed by atoms with Crippen molar-refractivity contribution in [3.05, 3.63) is 46.9 Å². The maximum atomic E-state index is 12.5. The molecular formula is C26H35N5O4. The van der Waals surface area contributed by atoms with Gasteiger partial charge in [-0.25, -0.2) is 0 Å². The van der Waals surface area contributed by atoms with Gasteiger partial charge in [0.05, 0.1) is 6.61 Å². The van der Waals surface area contributed by atoms with E-state index in [1.54, 1.807) is 6.07 Å². The van der Waals surface area contributed by atoms with E-state index in [1.165, 1.54) is 6.20 Å². The number of anilines is 1. The van der Waals surface area contributed by atoms with Crippen molar-refractivity contribution in [1.29, 1.82) is 0 Å². The maximum absolute atomic E-state index is 12.5. The first-order valence-corrected chi connectivity index (χ1v) is 12.5. The maximum Gasteiger partial charge on any atom is 0.324 e. The Kier molecular flexibility index (Phi) is 8.05. The lowest BCUT2D eigenvalue weighted by atomic mass is 9.92. The molecule has 4 rings (SSSR count). The second-order valence-corrected chi connectivity index (χ2v) is 9.64. The number of ether oxygens (including phenoxy) is 1. The molecule has 1 aromatic carbocycles. The number of nitrogens with zero attached hydrogens (tertiary/aromatic N) is 3. The van der Waals surface area contributed by atoms with Crippen LogP contribution in [0, 0.1) is 12.8 Å². The van der Waals surface area contributed by atoms with E-state index in [0.29, 0.717) is 42.6 Å². The lowest BCUT2D eigenvalue weighted by Gasteiger charge is -2.30. The monoisotopic (exact) mass is 481 g/mol. The van der Waals surface area contributed by atoms with Crippen LogP contribution in [0.2, 0.25) is 0 Å². The lowest BCUT2D eigenvalue weighted by Crippen LogP contribution is -2.34. The van der Waals surface area contributed by atoms with Crippen LogP contribution >= 0.6 is 0 Å². The summed E-state index contributed by atoms with van der Waals surface area (Å²) in [7, 11) is 0. The highest BCUT2D eigenvalue weighted by atomic mass is 16.5. The van der Waals surface area contributed by atoms with Crippen molar-refractivity contribution in [2.24, 2.45) is 5.92 Å². The van der Waals surface area contributed by atoms with Crippen molar-refractivity contribution in [2.75, 3.05) is 31.1 Å². The molecule has 2 aromatic rings. The van der Waals surface area contributed by atoms with E-state index in [-0.39, 0.29) is 17.7 Å². The van der Waals surface area contributed by atoms with Crippen molar-refractivity contribution >= 4 is 17.8 Å². The number of piperidine rings is 1. The number of carbonyl (C=O) groups excluding carboxylic acids is 2. The Labute approximate surface area is 206 Å². The zero-order valence-electron chi connectivity index (χ0n) is 20.8. The van der Waals surface area contributed by atoms with Gasteiger partial charge in [-0.3, -0.25) is 9.59 Å². The molecule has 2 amide bonds. The molecule has 2 aliphatic rings. The summed E-state index contributed by atoms with van der Waals surface area (Å²) in [5.41, 5.74) is 2.00. The summed E-state index contributed by atoms with van der Waals surface area (Å²) in [5, 5.41) is 9.51. The zero-order chi connectivity index (χ0) is 24.8. The Morgan fingerprint density at radius 1 is 1.34 bits per heavy atom. The highest BCUT2D eigenvalue weighted by Crippen LogP contribution is 2.26. The Bertz CT molecular complexity index is 1070. The standard InChI is InChI=1S/C26H35N5O4/c1-17(2)23-29-26(35-30-23)31-12-9-19(10-13-31)5-4-14-34-21-6-7-22(18(3)15-21)25(33)28-16-20-8-11-27-24(20)32/h6-7,15-17,19H,4-5,8-14H2,1-3H3,(H,27,32)(H,28,33)/b20-16-. The number of aromatic nitrogens is 2. The van der Waals surface area contributed by atoms with Gasteiger partial charge in [-0.15, -0.1) is 0 Å². The van der Waals surface area contributed by atoms with Crippen molar-refractivity contribution < 1.29 is 18.8 Å². The number of benzene rings is 1. The third kappa shape index (κ3) is 6.41. The number of amides is 2. The van der Waals surface area contributed by atoms with E-state index in [1.807, 2.05) is 19.1 Å². The largest absolute Gasteiger partial charge is 0.494 e. The van der Waals surface area contributed by atoms with Crippen LogP contribution in [0.15, 0.2) is 34.5 Å². The SMILES string of the molecule is Cc1cc(OCCCC2CCN(c3nc(C(C)C)no3)CC2)ccc1C(=O)N/C=C1/CCNC1=O. The van der Waals surface area contributed by atoms with Gasteiger partial charge in [0, 0.05) is 42.9 Å². The zero-order valence-corrected chi connectivity index (χ0v) is 20.8. The molecule has 9 heteroatoms. The first-order valence-electron chi connectivity index (χ1n) is 12.5. The Morgan fingerprint density at radius 2 is 2.14 bits per heavy atom. The first kappa shape index (κ1) is 24.8. The molecular weight excluding hydrogens is 446 g/mol. The number of carbonyl (C=O) groups is 2. The van der Waals surface area contributed by atoms with Gasteiger partial charge in [0.15, 0.2) is 5.82 Å². The molecule has 0 radical (unpaired) electrons. The summed E-state index contributed by atoms with van der Waals surface area (Å²) in [6.07, 6.45) is 6.46. The second kappa shape index (κ2) is 11.4. The summed E-state index contributed by atoms with van der Waals surface area (Å²) < 4.78 is 11.4. The highest BCUT2D eigenvalue weighted by molar-refractivity contribution is 5.99. The third-order valence-electron chi connectivity index (χ3n) is 6.65. The minimum atomic E-state index is -0.228. The molecule has 0 bridgehead atoms. The molecule has 2 N–H and O–H groups in total. The summed E-state index contributed by atoms with van der Waals surface area (Å²) in [4.78, 5) is 30.8. The molecule has 2 aliphatic heterocycles. The topological polar surface area (TPSA) is 110 Å². The molecule has 188 valence electrons. The molecule has 2 fully saturated rings. The van der Waals surface area contributed by atoms with Gasteiger partial charge >= 0.3 is 6.01 Å². The first-order chi connectivity index (χ1) is 16.9. The van der Waals surface area contributed by atoms with Gasteiger partial charge in [-0.2, -0.15) is 4.98 Å². The fourth-order valence-electron chi connectivity index (χ4n) is 4.45. The summed E-state index contributed by atoms with van der Waals surface area (Å²) >= 11 is 0. The molecule has 0 spiro atoms. The molecule has 0 unspecified atom stereocenters. The predicted molar refractivity (Wildman–Crippen MR) is 132 cm³/mol. The Hall–Kier alpha value is -3.36. The van der Waals surface area contributed by atoms with E-state index in [9.17, 15) is 9.59 Å². The van der Waals surface area contributed by atoms with Gasteiger partial charge in [-0.05, 0) is 68.7 Å². The molecule has 1 aromatic heterocycles. The van der Waals surface area contributed by atoms with Crippen LogP contribution in [0.3, 0.4) is 0 Å². The van der Waals surface area contributed by atoms with Crippen LogP contribution in [-0.2, 0) is 4.79 Å². The Balaban J connectivity index is 1.17. The molecule has 0 atom stereocenters. The lowest BCUT2D eigenvalue weighted by molar-refractivity contribution is -0.116. The summed E-state index contributed by atoms with van der Waals surface area (Å²) in [6, 6.07) is 6.12. The van der Waals surface area contributed by atoms with Gasteiger partial charge < -0.3 is 24.8 Å². The normalized spacial score (nSPS) is 17.8. The molecule has 2 saturated heterocycles. The van der Waals surface area contributed by atoms with Crippen LogP contribution in [-0.4, -0.2) is 48.2 Å². The van der Waals surface area contributed by atoms with Crippen molar-refractivity contribution in [1.82, 2.24) is 20.8 Å². The number of hydrogen-bond acceptors (Lipinski definition) is 7. The molecule has 0 aliphatic carbocycles. The fraction of sp³-hybridized carbons (Fsp3) is 0.538. The van der Waals surface area contributed by atoms with Gasteiger partial charge in [0.1, 0.15) is 5.75 Å². The smallest absolute Gasteiger partial charge is 0.324 e. The summed E-state index contributed by atoms with van der Waals surface area (Å²) in [5.74, 6) is 2.12. The average molecular weight is 482 g/mol. The molecule has 3 heterocycles. The van der Waals surface area contributed by atoms with Crippen LogP contribution in [0.4, 0.5) is 6.01 Å². The fourth-order valence-corrected chi connectivity index (χ4v) is 4.45. The number of rotatable bonds is 9. The van der Waals surface area contributed by atoms with Crippen molar-refractivity contribution in [3.63, 3.8) is 0 Å². The molecule has 9 nitrogen and oxygen atoms in total. The van der Waals surface area contributed by atoms with E-state index >= 15 is 0 Å². The number of aryl methyl sites for hydroxylation is 1. The highest BCUT2D eigenvalue weighted by Gasteiger charge is 2.23. The van der Waals surface area contributed by atoms with Crippen LogP contribution in [0.25, 0.3) is 0 Å². The van der Waals surface area contributed by atoms with Gasteiger partial charge in [0.25, 0.3) is 5.91 Å². The number of hydrogen-bond donors (Lipinski definition) is 2. The third-order valence-corrected chi connectivity index (χ3v) is 6.65. The van der Waals surface area contributed by atoms with Crippen LogP contribution in [0.5, 0.6) is 5.75 Å². The van der Waals surface area contributed by atoms with Gasteiger partial charge in [0.2, 0.25) is 5.91 Å². The quantitative estimate of drug-likeness (QED) is 0.415. The van der Waals surface area contributed by atoms with Crippen LogP contribution in [0.1, 0.15) is 73.6 Å². The second-order valence-electron chi connectivity index (χ2n) is 9.64. The summed E-state index contributed by atoms with van der Waals surface area (Å²) in [6.45, 7) is 9.15. The van der Waals surface area contributed by atoms with Crippen molar-refractivity contribution in [2.45, 2.75) is 58.8 Å². The molecule has 35 heavy (non-hydrogen) atoms. The predicted octanol–water partition coefficient (Wildman–Crippen LogP) is 3.71.